The highest BCUT2D eigenvalue weighted by atomic mass is 16.5. The number of anilines is 1. The van der Waals surface area contributed by atoms with E-state index in [9.17, 15) is 4.79 Å². The smallest absolute Gasteiger partial charge is 0.282 e. The zero-order chi connectivity index (χ0) is 27.3. The number of carbonyl (C=O) groups excluding carboxylic acids is 1. The van der Waals surface area contributed by atoms with Crippen molar-refractivity contribution in [3.8, 4) is 17.4 Å². The Morgan fingerprint density at radius 3 is 2.77 bits per heavy atom. The average Bonchev–Trinajstić information content (AvgIpc) is 2.90. The van der Waals surface area contributed by atoms with E-state index in [1.54, 1.807) is 12.1 Å². The second kappa shape index (κ2) is 10.1. The molecule has 0 unspecified atom stereocenters. The molecule has 2 saturated heterocycles. The van der Waals surface area contributed by atoms with Crippen LogP contribution in [0.4, 0.5) is 5.82 Å². The predicted octanol–water partition coefficient (Wildman–Crippen LogP) is 3.15. The van der Waals surface area contributed by atoms with Crippen molar-refractivity contribution in [1.29, 1.82) is 0 Å². The van der Waals surface area contributed by atoms with Crippen LogP contribution in [0, 0.1) is 18.3 Å². The van der Waals surface area contributed by atoms with Crippen LogP contribution in [0.3, 0.4) is 0 Å². The lowest BCUT2D eigenvalue weighted by Gasteiger charge is -2.58. The van der Waals surface area contributed by atoms with Gasteiger partial charge in [0, 0.05) is 75.1 Å². The normalized spacial score (nSPS) is 20.8. The Morgan fingerprint density at radius 2 is 1.98 bits per heavy atom. The van der Waals surface area contributed by atoms with Gasteiger partial charge in [-0.05, 0) is 50.9 Å². The fourth-order valence-electron chi connectivity index (χ4n) is 6.88. The van der Waals surface area contributed by atoms with E-state index in [0.29, 0.717) is 23.0 Å². The van der Waals surface area contributed by atoms with Gasteiger partial charge in [0.15, 0.2) is 12.1 Å². The lowest BCUT2D eigenvalue weighted by atomic mass is 9.61. The van der Waals surface area contributed by atoms with Gasteiger partial charge < -0.3 is 19.3 Å². The minimum Gasteiger partial charge on any atom is -0.490 e. The molecule has 1 aromatic carbocycles. The Bertz CT molecular complexity index is 1410. The molecule has 10 nitrogen and oxygen atoms in total. The predicted molar refractivity (Wildman–Crippen MR) is 149 cm³/mol. The van der Waals surface area contributed by atoms with Crippen LogP contribution in [0.25, 0.3) is 0 Å². The van der Waals surface area contributed by atoms with Crippen LogP contribution in [0.1, 0.15) is 40.0 Å². The summed E-state index contributed by atoms with van der Waals surface area (Å²) in [5.74, 6) is 3.22. The van der Waals surface area contributed by atoms with Crippen LogP contribution in [0.15, 0.2) is 36.8 Å². The van der Waals surface area contributed by atoms with Crippen molar-refractivity contribution in [2.75, 3.05) is 51.2 Å². The molecule has 3 fully saturated rings. The molecule has 1 spiro atoms. The van der Waals surface area contributed by atoms with Crippen LogP contribution in [0.5, 0.6) is 17.4 Å². The van der Waals surface area contributed by atoms with Gasteiger partial charge in [0.25, 0.3) is 5.88 Å². The van der Waals surface area contributed by atoms with Crippen molar-refractivity contribution in [3.05, 3.63) is 59.2 Å². The van der Waals surface area contributed by atoms with E-state index in [1.165, 1.54) is 30.7 Å². The highest BCUT2D eigenvalue weighted by molar-refractivity contribution is 5.80. The first-order valence-corrected chi connectivity index (χ1v) is 14.2. The Labute approximate surface area is 234 Å². The number of hydrogen-bond donors (Lipinski definition) is 0. The minimum absolute atomic E-state index is 0.214. The van der Waals surface area contributed by atoms with E-state index in [1.807, 2.05) is 25.3 Å². The van der Waals surface area contributed by atoms with E-state index in [0.717, 1.165) is 75.5 Å². The molecule has 5 heterocycles. The van der Waals surface area contributed by atoms with Gasteiger partial charge in [0.2, 0.25) is 0 Å². The number of hydrogen-bond acceptors (Lipinski definition) is 10. The summed E-state index contributed by atoms with van der Waals surface area (Å²) in [5, 5.41) is 8.11. The minimum atomic E-state index is 0.214. The third-order valence-corrected chi connectivity index (χ3v) is 8.84. The third-order valence-electron chi connectivity index (χ3n) is 8.84. The molecular formula is C30H35N7O3. The number of rotatable bonds is 8. The first-order chi connectivity index (χ1) is 19.5. The first kappa shape index (κ1) is 25.3. The van der Waals surface area contributed by atoms with Crippen molar-refractivity contribution in [2.24, 2.45) is 11.3 Å². The molecule has 1 aliphatic carbocycles. The highest BCUT2D eigenvalue weighted by Gasteiger charge is 2.54. The average molecular weight is 542 g/mol. The van der Waals surface area contributed by atoms with Crippen molar-refractivity contribution in [3.63, 3.8) is 0 Å². The topological polar surface area (TPSA) is 96.8 Å². The molecule has 3 aliphatic heterocycles. The molecule has 0 atom stereocenters. The standard InChI is InChI=1S/C30H35N7O3/c1-20-3-4-26(22(9-20)16-38)40-29-28(32-19-33-34-29)37-17-30(18-37)10-23(11-30)39-27-5-7-31-25-6-8-36(15-24(25)27)14-21-12-35(2)13-21/h3-5,7,9,16,19,21,23H,6,8,10-15,17-18H2,1-2H3. The van der Waals surface area contributed by atoms with Crippen molar-refractivity contribution >= 4 is 12.1 Å². The Kier molecular flexibility index (Phi) is 6.39. The van der Waals surface area contributed by atoms with Gasteiger partial charge in [-0.15, -0.1) is 10.2 Å². The SMILES string of the molecule is Cc1ccc(Oc2nncnc2N2CC3(CC(Oc4ccnc5c4CN(CC4CN(C)C4)CC5)C3)C2)c(C=O)c1. The summed E-state index contributed by atoms with van der Waals surface area (Å²) in [4.78, 5) is 27.8. The van der Waals surface area contributed by atoms with Gasteiger partial charge in [0.05, 0.1) is 5.56 Å². The largest absolute Gasteiger partial charge is 0.490 e. The van der Waals surface area contributed by atoms with E-state index in [-0.39, 0.29) is 11.5 Å². The van der Waals surface area contributed by atoms with Gasteiger partial charge in [-0.3, -0.25) is 14.7 Å². The number of fused-ring (bicyclic) bond motifs is 1. The molecular weight excluding hydrogens is 506 g/mol. The number of pyridine rings is 1. The molecule has 0 amide bonds. The lowest BCUT2D eigenvalue weighted by Crippen LogP contribution is -2.65. The zero-order valence-corrected chi connectivity index (χ0v) is 23.1. The molecule has 208 valence electrons. The van der Waals surface area contributed by atoms with Gasteiger partial charge in [0.1, 0.15) is 23.9 Å². The van der Waals surface area contributed by atoms with Gasteiger partial charge in [-0.1, -0.05) is 11.6 Å². The Hall–Kier alpha value is -3.63. The summed E-state index contributed by atoms with van der Waals surface area (Å²) < 4.78 is 12.6. The Morgan fingerprint density at radius 1 is 1.12 bits per heavy atom. The molecule has 2 aromatic heterocycles. The van der Waals surface area contributed by atoms with Crippen LogP contribution in [-0.2, 0) is 13.0 Å². The molecule has 3 aromatic rings. The second-order valence-electron chi connectivity index (χ2n) is 12.2. The fourth-order valence-corrected chi connectivity index (χ4v) is 6.88. The number of ether oxygens (including phenoxy) is 2. The maximum Gasteiger partial charge on any atom is 0.282 e. The van der Waals surface area contributed by atoms with E-state index in [2.05, 4.69) is 41.9 Å². The number of aromatic nitrogens is 4. The molecule has 1 saturated carbocycles. The van der Waals surface area contributed by atoms with Crippen molar-refractivity contribution in [2.45, 2.75) is 38.8 Å². The van der Waals surface area contributed by atoms with E-state index >= 15 is 0 Å². The van der Waals surface area contributed by atoms with Crippen LogP contribution in [-0.4, -0.2) is 88.7 Å². The summed E-state index contributed by atoms with van der Waals surface area (Å²) in [6, 6.07) is 7.53. The molecule has 7 rings (SSSR count). The van der Waals surface area contributed by atoms with Crippen molar-refractivity contribution < 1.29 is 14.3 Å². The lowest BCUT2D eigenvalue weighted by molar-refractivity contribution is -0.0354. The summed E-state index contributed by atoms with van der Waals surface area (Å²) in [6.07, 6.45) is 7.37. The maximum atomic E-state index is 11.6. The molecule has 4 aliphatic rings. The quantitative estimate of drug-likeness (QED) is 0.396. The zero-order valence-electron chi connectivity index (χ0n) is 23.1. The number of nitrogens with zero attached hydrogens (tertiary/aromatic N) is 7. The highest BCUT2D eigenvalue weighted by Crippen LogP contribution is 2.52. The fraction of sp³-hybridized carbons (Fsp3) is 0.500. The number of likely N-dealkylation sites (tertiary alicyclic amines) is 1. The van der Waals surface area contributed by atoms with E-state index < -0.39 is 0 Å². The summed E-state index contributed by atoms with van der Waals surface area (Å²) >= 11 is 0. The van der Waals surface area contributed by atoms with Gasteiger partial charge >= 0.3 is 0 Å². The summed E-state index contributed by atoms with van der Waals surface area (Å²) in [5.41, 5.74) is 4.16. The monoisotopic (exact) mass is 541 g/mol. The van der Waals surface area contributed by atoms with Gasteiger partial charge in [-0.25, -0.2) is 4.98 Å². The van der Waals surface area contributed by atoms with Gasteiger partial charge in [-0.2, -0.15) is 0 Å². The summed E-state index contributed by atoms with van der Waals surface area (Å²) in [7, 11) is 2.19. The summed E-state index contributed by atoms with van der Waals surface area (Å²) in [6.45, 7) is 9.25. The van der Waals surface area contributed by atoms with Crippen LogP contribution >= 0.6 is 0 Å². The molecule has 0 radical (unpaired) electrons. The number of carbonyl (C=O) groups is 1. The molecule has 40 heavy (non-hydrogen) atoms. The Balaban J connectivity index is 0.965. The number of benzene rings is 1. The third kappa shape index (κ3) is 4.79. The van der Waals surface area contributed by atoms with Crippen LogP contribution in [0.2, 0.25) is 0 Å². The number of aldehydes is 1. The number of aryl methyl sites for hydroxylation is 1. The first-order valence-electron chi connectivity index (χ1n) is 14.2. The van der Waals surface area contributed by atoms with E-state index in [4.69, 9.17) is 9.47 Å². The molecule has 10 heteroatoms. The second-order valence-corrected chi connectivity index (χ2v) is 12.2. The maximum absolute atomic E-state index is 11.6. The van der Waals surface area contributed by atoms with Crippen LogP contribution < -0.4 is 14.4 Å². The molecule has 0 bridgehead atoms. The molecule has 0 N–H and O–H groups in total. The van der Waals surface area contributed by atoms with Crippen molar-refractivity contribution in [1.82, 2.24) is 30.0 Å².